The van der Waals surface area contributed by atoms with Gasteiger partial charge in [-0.05, 0) is 11.6 Å². The molecule has 2 atom stereocenters. The number of benzene rings is 1. The smallest absolute Gasteiger partial charge is 0.321 e. The monoisotopic (exact) mass is 277 g/mol. The zero-order valence-corrected chi connectivity index (χ0v) is 10.4. The summed E-state index contributed by atoms with van der Waals surface area (Å²) in [4.78, 5) is 10.8. The standard InChI is InChI=1S/C10H9Cl2NO2S/c11-6-3-1-2-5(8(6)12)9-13-7(4-16-9)10(14)15/h1-3,7,9,13H,4H2,(H,14,15)/t7-,9?/m0/s1. The Morgan fingerprint density at radius 2 is 2.25 bits per heavy atom. The van der Waals surface area contributed by atoms with Crippen LogP contribution in [0.15, 0.2) is 18.2 Å². The molecule has 1 aliphatic heterocycles. The first-order valence-electron chi connectivity index (χ1n) is 4.64. The van der Waals surface area contributed by atoms with Gasteiger partial charge in [0.2, 0.25) is 0 Å². The molecule has 1 saturated heterocycles. The van der Waals surface area contributed by atoms with Crippen molar-refractivity contribution in [3.8, 4) is 0 Å². The van der Waals surface area contributed by atoms with E-state index in [4.69, 9.17) is 28.3 Å². The van der Waals surface area contributed by atoms with E-state index in [2.05, 4.69) is 5.32 Å². The Labute approximate surface area is 107 Å². The van der Waals surface area contributed by atoms with Crippen molar-refractivity contribution in [2.75, 3.05) is 5.75 Å². The van der Waals surface area contributed by atoms with Crippen molar-refractivity contribution in [3.63, 3.8) is 0 Å². The maximum Gasteiger partial charge on any atom is 0.321 e. The molecule has 1 heterocycles. The maximum atomic E-state index is 10.8. The fourth-order valence-electron chi connectivity index (χ4n) is 1.52. The molecule has 3 nitrogen and oxygen atoms in total. The molecule has 6 heteroatoms. The van der Waals surface area contributed by atoms with Crippen molar-refractivity contribution in [1.82, 2.24) is 5.32 Å². The number of thioether (sulfide) groups is 1. The maximum absolute atomic E-state index is 10.8. The number of carboxylic acid groups (broad SMARTS) is 1. The third kappa shape index (κ3) is 2.30. The van der Waals surface area contributed by atoms with Crippen molar-refractivity contribution in [1.29, 1.82) is 0 Å². The number of carboxylic acids is 1. The highest BCUT2D eigenvalue weighted by Gasteiger charge is 2.31. The molecule has 0 aliphatic carbocycles. The molecular weight excluding hydrogens is 269 g/mol. The Bertz CT molecular complexity index is 427. The number of halogens is 2. The van der Waals surface area contributed by atoms with E-state index in [1.807, 2.05) is 6.07 Å². The van der Waals surface area contributed by atoms with E-state index >= 15 is 0 Å². The highest BCUT2D eigenvalue weighted by molar-refractivity contribution is 7.99. The minimum Gasteiger partial charge on any atom is -0.480 e. The molecule has 86 valence electrons. The quantitative estimate of drug-likeness (QED) is 0.873. The van der Waals surface area contributed by atoms with Crippen LogP contribution >= 0.6 is 35.0 Å². The van der Waals surface area contributed by atoms with Gasteiger partial charge in [0.25, 0.3) is 0 Å². The second-order valence-electron chi connectivity index (χ2n) is 3.41. The van der Waals surface area contributed by atoms with Gasteiger partial charge in [-0.15, -0.1) is 11.8 Å². The Morgan fingerprint density at radius 3 is 2.88 bits per heavy atom. The lowest BCUT2D eigenvalue weighted by atomic mass is 10.2. The zero-order valence-electron chi connectivity index (χ0n) is 8.11. The van der Waals surface area contributed by atoms with Gasteiger partial charge >= 0.3 is 5.97 Å². The van der Waals surface area contributed by atoms with E-state index in [-0.39, 0.29) is 5.37 Å². The summed E-state index contributed by atoms with van der Waals surface area (Å²) in [5.74, 6) is -0.309. The molecule has 2 rings (SSSR count). The first-order valence-corrected chi connectivity index (χ1v) is 6.44. The summed E-state index contributed by atoms with van der Waals surface area (Å²) in [6.07, 6.45) is 0. The van der Waals surface area contributed by atoms with Crippen LogP contribution in [0.5, 0.6) is 0 Å². The summed E-state index contributed by atoms with van der Waals surface area (Å²) in [6.45, 7) is 0. The molecule has 1 fully saturated rings. The average molecular weight is 278 g/mol. The molecule has 0 amide bonds. The second-order valence-corrected chi connectivity index (χ2v) is 5.34. The summed E-state index contributed by atoms with van der Waals surface area (Å²) in [6, 6.07) is 4.84. The lowest BCUT2D eigenvalue weighted by Gasteiger charge is -2.13. The molecule has 0 spiro atoms. The molecule has 0 saturated carbocycles. The van der Waals surface area contributed by atoms with Crippen LogP contribution in [0.2, 0.25) is 10.0 Å². The largest absolute Gasteiger partial charge is 0.480 e. The Morgan fingerprint density at radius 1 is 1.50 bits per heavy atom. The highest BCUT2D eigenvalue weighted by Crippen LogP contribution is 2.38. The minimum atomic E-state index is -0.840. The highest BCUT2D eigenvalue weighted by atomic mass is 35.5. The van der Waals surface area contributed by atoms with E-state index in [9.17, 15) is 4.79 Å². The third-order valence-electron chi connectivity index (χ3n) is 2.34. The molecule has 16 heavy (non-hydrogen) atoms. The van der Waals surface area contributed by atoms with E-state index in [1.165, 1.54) is 11.8 Å². The lowest BCUT2D eigenvalue weighted by molar-refractivity contribution is -0.138. The zero-order chi connectivity index (χ0) is 11.7. The lowest BCUT2D eigenvalue weighted by Crippen LogP contribution is -2.33. The van der Waals surface area contributed by atoms with Crippen molar-refractivity contribution in [2.24, 2.45) is 0 Å². The number of nitrogens with one attached hydrogen (secondary N) is 1. The number of aliphatic carboxylic acids is 1. The summed E-state index contributed by atoms with van der Waals surface area (Å²) in [5.41, 5.74) is 0.836. The Kier molecular flexibility index (Phi) is 3.64. The fraction of sp³-hybridized carbons (Fsp3) is 0.300. The van der Waals surface area contributed by atoms with Crippen molar-refractivity contribution in [3.05, 3.63) is 33.8 Å². The van der Waals surface area contributed by atoms with E-state index < -0.39 is 12.0 Å². The summed E-state index contributed by atoms with van der Waals surface area (Å²) < 4.78 is 0. The van der Waals surface area contributed by atoms with Crippen LogP contribution < -0.4 is 5.32 Å². The molecular formula is C10H9Cl2NO2S. The number of rotatable bonds is 2. The van der Waals surface area contributed by atoms with Gasteiger partial charge < -0.3 is 5.11 Å². The second kappa shape index (κ2) is 4.84. The van der Waals surface area contributed by atoms with Crippen LogP contribution in [-0.2, 0) is 4.79 Å². The first-order chi connectivity index (χ1) is 7.59. The summed E-state index contributed by atoms with van der Waals surface area (Å²) in [5, 5.41) is 12.7. The first kappa shape index (κ1) is 12.0. The molecule has 1 unspecified atom stereocenters. The molecule has 2 N–H and O–H groups in total. The third-order valence-corrected chi connectivity index (χ3v) is 4.43. The summed E-state index contributed by atoms with van der Waals surface area (Å²) in [7, 11) is 0. The van der Waals surface area contributed by atoms with Gasteiger partial charge in [-0.25, -0.2) is 0 Å². The van der Waals surface area contributed by atoms with Gasteiger partial charge in [0.15, 0.2) is 0 Å². The molecule has 0 aromatic heterocycles. The number of hydrogen-bond acceptors (Lipinski definition) is 3. The van der Waals surface area contributed by atoms with Gasteiger partial charge in [-0.1, -0.05) is 35.3 Å². The minimum absolute atomic E-state index is 0.104. The van der Waals surface area contributed by atoms with Crippen LogP contribution in [-0.4, -0.2) is 22.9 Å². The van der Waals surface area contributed by atoms with Crippen molar-refractivity contribution in [2.45, 2.75) is 11.4 Å². The van der Waals surface area contributed by atoms with Crippen LogP contribution in [0.4, 0.5) is 0 Å². The van der Waals surface area contributed by atoms with E-state index in [1.54, 1.807) is 12.1 Å². The van der Waals surface area contributed by atoms with Crippen LogP contribution in [0.3, 0.4) is 0 Å². The van der Waals surface area contributed by atoms with E-state index in [0.29, 0.717) is 15.8 Å². The summed E-state index contributed by atoms with van der Waals surface area (Å²) >= 11 is 13.5. The van der Waals surface area contributed by atoms with Crippen LogP contribution in [0.25, 0.3) is 0 Å². The topological polar surface area (TPSA) is 49.3 Å². The van der Waals surface area contributed by atoms with Crippen molar-refractivity contribution < 1.29 is 9.90 Å². The molecule has 1 aromatic carbocycles. The van der Waals surface area contributed by atoms with Gasteiger partial charge in [0.1, 0.15) is 6.04 Å². The Balaban J connectivity index is 2.21. The van der Waals surface area contributed by atoms with Crippen molar-refractivity contribution >= 4 is 40.9 Å². The van der Waals surface area contributed by atoms with Gasteiger partial charge in [-0.2, -0.15) is 0 Å². The van der Waals surface area contributed by atoms with Crippen LogP contribution in [0.1, 0.15) is 10.9 Å². The van der Waals surface area contributed by atoms with Crippen LogP contribution in [0, 0.1) is 0 Å². The predicted octanol–water partition coefficient (Wildman–Crippen LogP) is 2.78. The van der Waals surface area contributed by atoms with E-state index in [0.717, 1.165) is 5.56 Å². The van der Waals surface area contributed by atoms with Gasteiger partial charge in [-0.3, -0.25) is 10.1 Å². The van der Waals surface area contributed by atoms with Gasteiger partial charge in [0, 0.05) is 5.75 Å². The fourth-order valence-corrected chi connectivity index (χ4v) is 3.26. The molecule has 1 aliphatic rings. The molecule has 0 radical (unpaired) electrons. The SMILES string of the molecule is O=C(O)[C@@H]1CSC(c2cccc(Cl)c2Cl)N1. The normalized spacial score (nSPS) is 24.6. The molecule has 0 bridgehead atoms. The predicted molar refractivity (Wildman–Crippen MR) is 66.2 cm³/mol. The Hall–Kier alpha value is -0.420. The molecule has 1 aromatic rings. The number of hydrogen-bond donors (Lipinski definition) is 2. The number of carbonyl (C=O) groups is 1. The average Bonchev–Trinajstić information content (AvgIpc) is 2.71. The van der Waals surface area contributed by atoms with Gasteiger partial charge in [0.05, 0.1) is 15.4 Å².